The molecule has 4 heterocycles. The number of hydrogen-bond donors (Lipinski definition) is 5. The highest BCUT2D eigenvalue weighted by Crippen LogP contribution is 2.31. The molecule has 61 heavy (non-hydrogen) atoms. The van der Waals surface area contributed by atoms with E-state index in [-0.39, 0.29) is 30.6 Å². The molecule has 0 radical (unpaired) electrons. The van der Waals surface area contributed by atoms with E-state index in [1.54, 1.807) is 24.3 Å². The van der Waals surface area contributed by atoms with Crippen molar-refractivity contribution in [2.24, 2.45) is 5.92 Å². The highest BCUT2D eigenvalue weighted by Gasteiger charge is 2.37. The third-order valence-electron chi connectivity index (χ3n) is 11.6. The van der Waals surface area contributed by atoms with Gasteiger partial charge in [-0.15, -0.1) is 0 Å². The lowest BCUT2D eigenvalue weighted by molar-refractivity contribution is -0.0336. The van der Waals surface area contributed by atoms with Crippen molar-refractivity contribution in [2.75, 3.05) is 32.7 Å². The topological polar surface area (TPSA) is 162 Å². The van der Waals surface area contributed by atoms with Gasteiger partial charge in [0.25, 0.3) is 0 Å². The van der Waals surface area contributed by atoms with E-state index in [0.717, 1.165) is 66.7 Å². The predicted molar refractivity (Wildman–Crippen MR) is 231 cm³/mol. The predicted octanol–water partition coefficient (Wildman–Crippen LogP) is 6.95. The molecule has 3 saturated heterocycles. The summed E-state index contributed by atoms with van der Waals surface area (Å²) in [5, 5.41) is 27.9. The second-order valence-corrected chi connectivity index (χ2v) is 15.8. The van der Waals surface area contributed by atoms with E-state index in [9.17, 15) is 24.6 Å². The number of piperidine rings is 3. The number of phenols is 1. The molecule has 3 aliphatic heterocycles. The minimum atomic E-state index is -0.833. The van der Waals surface area contributed by atoms with Gasteiger partial charge in [-0.25, -0.2) is 9.59 Å². The Balaban J connectivity index is 0.784. The summed E-state index contributed by atoms with van der Waals surface area (Å²) in [7, 11) is 0. The number of H-pyrrole nitrogens is 1. The molecule has 12 heteroatoms. The van der Waals surface area contributed by atoms with Gasteiger partial charge in [-0.1, -0.05) is 84.9 Å². The monoisotopic (exact) mass is 822 g/mol. The van der Waals surface area contributed by atoms with Crippen LogP contribution in [0.5, 0.6) is 11.5 Å². The molecule has 3 atom stereocenters. The summed E-state index contributed by atoms with van der Waals surface area (Å²) in [6, 6.07) is 38.2. The summed E-state index contributed by atoms with van der Waals surface area (Å²) in [6.45, 7) is 4.28. The number of rotatable bonds is 16. The first-order valence-corrected chi connectivity index (χ1v) is 20.8. The van der Waals surface area contributed by atoms with Crippen LogP contribution >= 0.6 is 0 Å². The number of ether oxygens (including phenoxy) is 3. The van der Waals surface area contributed by atoms with Crippen molar-refractivity contribution in [1.82, 2.24) is 20.5 Å². The van der Waals surface area contributed by atoms with Crippen LogP contribution in [0.1, 0.15) is 68.7 Å². The second kappa shape index (κ2) is 19.3. The van der Waals surface area contributed by atoms with Crippen LogP contribution in [0.2, 0.25) is 0 Å². The van der Waals surface area contributed by atoms with Gasteiger partial charge in [-0.3, -0.25) is 9.69 Å². The number of nitrogens with zero attached hydrogens (tertiary/aromatic N) is 1. The number of aromatic hydroxyl groups is 1. The third kappa shape index (κ3) is 10.5. The number of pyridine rings is 1. The Kier molecular flexibility index (Phi) is 13.0. The van der Waals surface area contributed by atoms with Crippen LogP contribution in [0.3, 0.4) is 0 Å². The van der Waals surface area contributed by atoms with E-state index >= 15 is 0 Å². The Morgan fingerprint density at radius 2 is 1.52 bits per heavy atom. The fraction of sp³-hybridized carbons (Fsp3) is 0.286. The molecule has 2 bridgehead atoms. The van der Waals surface area contributed by atoms with Crippen LogP contribution in [-0.2, 0) is 29.1 Å². The number of phenolic OH excluding ortho intramolecular Hbond substituents is 1. The number of alkyl carbamates (subject to hydrolysis) is 1. The number of esters is 1. The van der Waals surface area contributed by atoms with Gasteiger partial charge in [0, 0.05) is 24.5 Å². The second-order valence-electron chi connectivity index (χ2n) is 15.8. The normalized spacial score (nSPS) is 18.0. The van der Waals surface area contributed by atoms with Crippen LogP contribution in [-0.4, -0.2) is 71.0 Å². The Morgan fingerprint density at radius 3 is 2.28 bits per heavy atom. The average Bonchev–Trinajstić information content (AvgIpc) is 3.29. The van der Waals surface area contributed by atoms with Gasteiger partial charge in [0.2, 0.25) is 5.56 Å². The van der Waals surface area contributed by atoms with Crippen molar-refractivity contribution >= 4 is 23.0 Å². The lowest BCUT2D eigenvalue weighted by Gasteiger charge is -2.43. The number of aromatic amines is 1. The van der Waals surface area contributed by atoms with Gasteiger partial charge in [0.05, 0.1) is 23.2 Å². The fourth-order valence-corrected chi connectivity index (χ4v) is 8.19. The smallest absolute Gasteiger partial charge is 0.408 e. The molecule has 6 aromatic rings. The maximum atomic E-state index is 13.2. The molecule has 1 aromatic heterocycles. The molecule has 314 valence electrons. The Bertz CT molecular complexity index is 2480. The minimum absolute atomic E-state index is 0.0473. The van der Waals surface area contributed by atoms with E-state index in [1.807, 2.05) is 91.0 Å². The summed E-state index contributed by atoms with van der Waals surface area (Å²) in [6.07, 6.45) is 1.51. The summed E-state index contributed by atoms with van der Waals surface area (Å²) in [5.74, 6) is 0.594. The van der Waals surface area contributed by atoms with E-state index in [4.69, 9.17) is 14.2 Å². The molecule has 12 nitrogen and oxygen atoms in total. The Labute approximate surface area is 354 Å². The lowest BCUT2D eigenvalue weighted by atomic mass is 9.86. The van der Waals surface area contributed by atoms with Crippen molar-refractivity contribution in [3.05, 3.63) is 177 Å². The van der Waals surface area contributed by atoms with Gasteiger partial charge < -0.3 is 40.0 Å². The molecule has 0 aliphatic carbocycles. The summed E-state index contributed by atoms with van der Waals surface area (Å²) >= 11 is 0. The van der Waals surface area contributed by atoms with Gasteiger partial charge in [0.1, 0.15) is 30.8 Å². The number of aliphatic hydroxyl groups excluding tert-OH is 1. The van der Waals surface area contributed by atoms with Crippen LogP contribution in [0.4, 0.5) is 4.79 Å². The van der Waals surface area contributed by atoms with Crippen molar-refractivity contribution in [3.63, 3.8) is 0 Å². The van der Waals surface area contributed by atoms with E-state index in [0.29, 0.717) is 46.8 Å². The molecule has 1 unspecified atom stereocenters. The lowest BCUT2D eigenvalue weighted by Crippen LogP contribution is -2.52. The summed E-state index contributed by atoms with van der Waals surface area (Å²) in [5.41, 5.74) is 5.66. The molecule has 3 aliphatic rings. The molecule has 5 N–H and O–H groups in total. The molecule has 1 amide bonds. The number of aliphatic hydroxyl groups is 1. The molecular formula is C49H50N4O8. The zero-order chi connectivity index (χ0) is 42.1. The van der Waals surface area contributed by atoms with Crippen LogP contribution in [0.15, 0.2) is 132 Å². The van der Waals surface area contributed by atoms with Crippen LogP contribution < -0.4 is 20.9 Å². The van der Waals surface area contributed by atoms with E-state index < -0.39 is 24.2 Å². The number of aromatic nitrogens is 1. The van der Waals surface area contributed by atoms with Crippen LogP contribution in [0.25, 0.3) is 10.9 Å². The molecule has 0 saturated carbocycles. The summed E-state index contributed by atoms with van der Waals surface area (Å²) in [4.78, 5) is 42.8. The standard InChI is InChI=1S/C49H50N4O8/c54-42-19-17-40(41-18-20-45(56)51-47(41)42)43(55)28-50-24-21-32-9-11-33(12-10-32)31-60-48(57)37-15-13-34(14-16-37)30-59-39-8-4-7-38(27-39)46(36-5-2-1-3-6-36)52-49(58)61-44-29-53-25-22-35(44)23-26-53/h1-20,27,35,43-44,46,50,54-55H,21-26,28-31H2,(H,51,56)(H,52,58)/t43-,44-,46?/m0/s1. The largest absolute Gasteiger partial charge is 0.506 e. The minimum Gasteiger partial charge on any atom is -0.506 e. The molecular weight excluding hydrogens is 773 g/mol. The number of carbonyl (C=O) groups is 2. The zero-order valence-corrected chi connectivity index (χ0v) is 33.8. The molecule has 3 fully saturated rings. The average molecular weight is 823 g/mol. The molecule has 0 spiro atoms. The van der Waals surface area contributed by atoms with Crippen molar-refractivity contribution in [1.29, 1.82) is 0 Å². The molecule has 9 rings (SSSR count). The fourth-order valence-electron chi connectivity index (χ4n) is 8.19. The number of carbonyl (C=O) groups excluding carboxylic acids is 2. The third-order valence-corrected chi connectivity index (χ3v) is 11.6. The van der Waals surface area contributed by atoms with E-state index in [2.05, 4.69) is 20.5 Å². The number of amides is 1. The SMILES string of the molecule is O=C(NC(c1ccccc1)c1cccc(OCc2ccc(C(=O)OCc3ccc(CCNC[C@H](O)c4ccc(O)c5[nH]c(=O)ccc45)cc3)cc2)c1)O[C@H]1CN2CCC1CC2. The van der Waals surface area contributed by atoms with Gasteiger partial charge in [-0.05, 0) is 115 Å². The van der Waals surface area contributed by atoms with Gasteiger partial charge in [0.15, 0.2) is 0 Å². The van der Waals surface area contributed by atoms with Gasteiger partial charge >= 0.3 is 12.1 Å². The van der Waals surface area contributed by atoms with Crippen LogP contribution in [0, 0.1) is 5.92 Å². The first kappa shape index (κ1) is 41.3. The van der Waals surface area contributed by atoms with E-state index in [1.165, 1.54) is 12.1 Å². The van der Waals surface area contributed by atoms with Crippen molar-refractivity contribution in [3.8, 4) is 11.5 Å². The molecule has 5 aromatic carbocycles. The maximum Gasteiger partial charge on any atom is 0.408 e. The number of benzene rings is 5. The van der Waals surface area contributed by atoms with Crippen molar-refractivity contribution in [2.45, 2.75) is 50.7 Å². The zero-order valence-electron chi connectivity index (χ0n) is 33.8. The maximum absolute atomic E-state index is 13.2. The highest BCUT2D eigenvalue weighted by molar-refractivity contribution is 5.89. The van der Waals surface area contributed by atoms with Gasteiger partial charge in [-0.2, -0.15) is 0 Å². The van der Waals surface area contributed by atoms with Crippen molar-refractivity contribution < 1.29 is 34.0 Å². The Hall–Kier alpha value is -6.47. The number of fused-ring (bicyclic) bond motifs is 4. The quantitative estimate of drug-likeness (QED) is 0.0511. The summed E-state index contributed by atoms with van der Waals surface area (Å²) < 4.78 is 17.8. The number of hydrogen-bond acceptors (Lipinski definition) is 10. The first-order valence-electron chi connectivity index (χ1n) is 20.8. The first-order chi connectivity index (χ1) is 29.8. The Morgan fingerprint density at radius 1 is 0.803 bits per heavy atom. The highest BCUT2D eigenvalue weighted by atomic mass is 16.6. The number of nitrogens with one attached hydrogen (secondary N) is 3.